The van der Waals surface area contributed by atoms with E-state index in [4.69, 9.17) is 5.73 Å². The zero-order valence-electron chi connectivity index (χ0n) is 9.37. The maximum Gasteiger partial charge on any atom is 0.256 e. The predicted molar refractivity (Wildman–Crippen MR) is 68.5 cm³/mol. The molecular weight excluding hydrogens is 290 g/mol. The lowest BCUT2D eigenvalue weighted by atomic mass is 9.89. The lowest BCUT2D eigenvalue weighted by Gasteiger charge is -2.39. The number of nitrogens with two attached hydrogens (primary N) is 1. The molecule has 0 aromatic heterocycles. The van der Waals surface area contributed by atoms with Crippen LogP contribution in [0.1, 0.15) is 12.8 Å². The molecule has 94 valence electrons. The fraction of sp³-hybridized carbons (Fsp3) is 0.500. The summed E-state index contributed by atoms with van der Waals surface area (Å²) in [6.45, 7) is 1.16. The first-order chi connectivity index (χ1) is 8.01. The van der Waals surface area contributed by atoms with Crippen molar-refractivity contribution in [1.29, 1.82) is 0 Å². The van der Waals surface area contributed by atoms with E-state index in [1.807, 2.05) is 24.3 Å². The monoisotopic (exact) mass is 304 g/mol. The summed E-state index contributed by atoms with van der Waals surface area (Å²) in [5.74, 6) is 0. The van der Waals surface area contributed by atoms with Crippen LogP contribution in [0.4, 0.5) is 14.5 Å². The minimum Gasteiger partial charge on any atom is -0.371 e. The summed E-state index contributed by atoms with van der Waals surface area (Å²) < 4.78 is 26.5. The molecule has 5 heteroatoms. The summed E-state index contributed by atoms with van der Waals surface area (Å²) in [5.41, 5.74) is 5.43. The van der Waals surface area contributed by atoms with Crippen LogP contribution in [0.5, 0.6) is 0 Å². The Kier molecular flexibility index (Phi) is 3.68. The van der Waals surface area contributed by atoms with Crippen LogP contribution in [0, 0.1) is 0 Å². The van der Waals surface area contributed by atoms with Gasteiger partial charge in [0.2, 0.25) is 0 Å². The van der Waals surface area contributed by atoms with Crippen LogP contribution >= 0.6 is 15.9 Å². The van der Waals surface area contributed by atoms with Gasteiger partial charge in [0.15, 0.2) is 0 Å². The number of hydrogen-bond acceptors (Lipinski definition) is 2. The van der Waals surface area contributed by atoms with Gasteiger partial charge in [-0.3, -0.25) is 0 Å². The van der Waals surface area contributed by atoms with Gasteiger partial charge in [0, 0.05) is 23.2 Å². The highest BCUT2D eigenvalue weighted by Gasteiger charge is 2.38. The molecule has 0 aliphatic carbocycles. The summed E-state index contributed by atoms with van der Waals surface area (Å²) in [7, 11) is 0. The van der Waals surface area contributed by atoms with Crippen molar-refractivity contribution < 1.29 is 8.78 Å². The van der Waals surface area contributed by atoms with E-state index in [1.54, 1.807) is 0 Å². The number of alkyl halides is 2. The molecule has 0 unspecified atom stereocenters. The average Bonchev–Trinajstić information content (AvgIpc) is 2.30. The highest BCUT2D eigenvalue weighted by atomic mass is 79.9. The molecule has 0 amide bonds. The van der Waals surface area contributed by atoms with Crippen molar-refractivity contribution in [3.8, 4) is 0 Å². The summed E-state index contributed by atoms with van der Waals surface area (Å²) in [6.07, 6.45) is -1.78. The third kappa shape index (κ3) is 2.77. The Bertz CT molecular complexity index is 390. The van der Waals surface area contributed by atoms with Crippen molar-refractivity contribution in [3.63, 3.8) is 0 Å². The smallest absolute Gasteiger partial charge is 0.256 e. The standard InChI is InChI=1S/C12H15BrF2N2/c13-9-2-1-3-10(8-9)17-6-4-12(16,5-7-17)11(14)15/h1-3,8,11H,4-7,16H2. The predicted octanol–water partition coefficient (Wildman–Crippen LogP) is 3.01. The Balaban J connectivity index is 2.04. The first-order valence-electron chi connectivity index (χ1n) is 5.59. The quantitative estimate of drug-likeness (QED) is 0.910. The third-order valence-electron chi connectivity index (χ3n) is 3.30. The second-order valence-corrected chi connectivity index (χ2v) is 5.42. The zero-order chi connectivity index (χ0) is 12.5. The molecule has 2 nitrogen and oxygen atoms in total. The van der Waals surface area contributed by atoms with Gasteiger partial charge in [-0.1, -0.05) is 22.0 Å². The minimum atomic E-state index is -2.44. The van der Waals surface area contributed by atoms with Crippen LogP contribution in [0.25, 0.3) is 0 Å². The fourth-order valence-corrected chi connectivity index (χ4v) is 2.46. The van der Waals surface area contributed by atoms with Crippen molar-refractivity contribution in [2.75, 3.05) is 18.0 Å². The van der Waals surface area contributed by atoms with E-state index in [9.17, 15) is 8.78 Å². The number of piperidine rings is 1. The van der Waals surface area contributed by atoms with E-state index < -0.39 is 12.0 Å². The Hall–Kier alpha value is -0.680. The average molecular weight is 305 g/mol. The lowest BCUT2D eigenvalue weighted by Crippen LogP contribution is -2.55. The molecule has 1 heterocycles. The van der Waals surface area contributed by atoms with E-state index in [-0.39, 0.29) is 0 Å². The Morgan fingerprint density at radius 1 is 1.29 bits per heavy atom. The van der Waals surface area contributed by atoms with Crippen LogP contribution < -0.4 is 10.6 Å². The molecule has 0 spiro atoms. The van der Waals surface area contributed by atoms with Gasteiger partial charge < -0.3 is 10.6 Å². The lowest BCUT2D eigenvalue weighted by molar-refractivity contribution is 0.0391. The fourth-order valence-electron chi connectivity index (χ4n) is 2.07. The highest BCUT2D eigenvalue weighted by molar-refractivity contribution is 9.10. The van der Waals surface area contributed by atoms with Gasteiger partial charge in [0.05, 0.1) is 5.54 Å². The molecule has 1 fully saturated rings. The summed E-state index contributed by atoms with van der Waals surface area (Å²) in [4.78, 5) is 2.10. The van der Waals surface area contributed by atoms with Crippen LogP contribution in [0.3, 0.4) is 0 Å². The molecule has 1 aromatic rings. The summed E-state index contributed by atoms with van der Waals surface area (Å²) >= 11 is 3.40. The van der Waals surface area contributed by atoms with Gasteiger partial charge in [-0.15, -0.1) is 0 Å². The second kappa shape index (κ2) is 4.90. The number of halogens is 3. The first kappa shape index (κ1) is 12.8. The molecule has 17 heavy (non-hydrogen) atoms. The molecule has 2 rings (SSSR count). The molecule has 0 saturated carbocycles. The molecule has 1 aliphatic heterocycles. The van der Waals surface area contributed by atoms with Crippen LogP contribution in [0.15, 0.2) is 28.7 Å². The number of nitrogens with zero attached hydrogens (tertiary/aromatic N) is 1. The summed E-state index contributed by atoms with van der Waals surface area (Å²) in [5, 5.41) is 0. The Morgan fingerprint density at radius 2 is 1.94 bits per heavy atom. The summed E-state index contributed by atoms with van der Waals surface area (Å²) in [6, 6.07) is 7.86. The van der Waals surface area contributed by atoms with Crippen molar-refractivity contribution >= 4 is 21.6 Å². The van der Waals surface area contributed by atoms with Crippen molar-refractivity contribution in [1.82, 2.24) is 0 Å². The van der Waals surface area contributed by atoms with Crippen molar-refractivity contribution in [2.24, 2.45) is 5.73 Å². The van der Waals surface area contributed by atoms with E-state index in [1.165, 1.54) is 0 Å². The molecule has 2 N–H and O–H groups in total. The molecular formula is C12H15BrF2N2. The number of anilines is 1. The SMILES string of the molecule is NC1(C(F)F)CCN(c2cccc(Br)c2)CC1. The van der Waals surface area contributed by atoms with E-state index >= 15 is 0 Å². The number of hydrogen-bond donors (Lipinski definition) is 1. The van der Waals surface area contributed by atoms with Gasteiger partial charge in [-0.05, 0) is 31.0 Å². The molecule has 0 atom stereocenters. The van der Waals surface area contributed by atoms with E-state index in [2.05, 4.69) is 20.8 Å². The maximum absolute atomic E-state index is 12.7. The molecule has 1 aliphatic rings. The van der Waals surface area contributed by atoms with Gasteiger partial charge in [-0.2, -0.15) is 0 Å². The Morgan fingerprint density at radius 3 is 2.47 bits per heavy atom. The maximum atomic E-state index is 12.7. The largest absolute Gasteiger partial charge is 0.371 e. The van der Waals surface area contributed by atoms with Crippen LogP contribution in [-0.2, 0) is 0 Å². The van der Waals surface area contributed by atoms with Gasteiger partial charge >= 0.3 is 0 Å². The van der Waals surface area contributed by atoms with Gasteiger partial charge in [-0.25, -0.2) is 8.78 Å². The molecule has 1 saturated heterocycles. The Labute approximate surface area is 108 Å². The first-order valence-corrected chi connectivity index (χ1v) is 6.38. The van der Waals surface area contributed by atoms with E-state index in [0.29, 0.717) is 25.9 Å². The molecule has 0 bridgehead atoms. The van der Waals surface area contributed by atoms with Gasteiger partial charge in [0.1, 0.15) is 0 Å². The van der Waals surface area contributed by atoms with Gasteiger partial charge in [0.25, 0.3) is 6.43 Å². The topological polar surface area (TPSA) is 29.3 Å². The minimum absolute atomic E-state index is 0.331. The van der Waals surface area contributed by atoms with Crippen LogP contribution in [0.2, 0.25) is 0 Å². The zero-order valence-corrected chi connectivity index (χ0v) is 11.0. The third-order valence-corrected chi connectivity index (χ3v) is 3.80. The number of rotatable bonds is 2. The number of benzene rings is 1. The second-order valence-electron chi connectivity index (χ2n) is 4.50. The van der Waals surface area contributed by atoms with Crippen molar-refractivity contribution in [2.45, 2.75) is 24.8 Å². The van der Waals surface area contributed by atoms with Crippen LogP contribution in [-0.4, -0.2) is 25.1 Å². The molecule has 1 aromatic carbocycles. The molecule has 0 radical (unpaired) electrons. The normalized spacial score (nSPS) is 19.7. The van der Waals surface area contributed by atoms with Crippen molar-refractivity contribution in [3.05, 3.63) is 28.7 Å². The van der Waals surface area contributed by atoms with E-state index in [0.717, 1.165) is 10.2 Å². The highest BCUT2D eigenvalue weighted by Crippen LogP contribution is 2.29.